The predicted molar refractivity (Wildman–Crippen MR) is 43.9 cm³/mol. The fourth-order valence-electron chi connectivity index (χ4n) is 0.630. The maximum atomic E-state index is 9.28. The van der Waals surface area contributed by atoms with Gasteiger partial charge in [-0.25, -0.2) is 0 Å². The second-order valence-corrected chi connectivity index (χ2v) is 2.92. The second kappa shape index (κ2) is 6.14. The molecule has 0 amide bonds. The molecule has 11 heavy (non-hydrogen) atoms. The number of hydrogen-bond acceptors (Lipinski definition) is 3. The van der Waals surface area contributed by atoms with Crippen molar-refractivity contribution in [3.05, 3.63) is 0 Å². The second-order valence-electron chi connectivity index (χ2n) is 2.92. The quantitative estimate of drug-likeness (QED) is 0.570. The molecule has 1 atom stereocenters. The summed E-state index contributed by atoms with van der Waals surface area (Å²) in [6, 6.07) is 2.03. The van der Waals surface area contributed by atoms with Gasteiger partial charge >= 0.3 is 0 Å². The van der Waals surface area contributed by atoms with Crippen molar-refractivity contribution in [2.75, 3.05) is 13.1 Å². The zero-order valence-corrected chi connectivity index (χ0v) is 7.17. The van der Waals surface area contributed by atoms with Crippen molar-refractivity contribution in [1.82, 2.24) is 5.32 Å². The summed E-state index contributed by atoms with van der Waals surface area (Å²) in [5, 5.41) is 20.5. The summed E-state index contributed by atoms with van der Waals surface area (Å²) in [5.74, 6) is 0.282. The fraction of sp³-hybridized carbons (Fsp3) is 0.875. The van der Waals surface area contributed by atoms with E-state index in [4.69, 9.17) is 5.26 Å². The molecule has 0 aliphatic carbocycles. The van der Waals surface area contributed by atoms with Crippen molar-refractivity contribution in [3.8, 4) is 6.07 Å². The first-order valence-electron chi connectivity index (χ1n) is 3.94. The molecule has 0 rings (SSSR count). The van der Waals surface area contributed by atoms with E-state index < -0.39 is 0 Å². The van der Waals surface area contributed by atoms with Crippen LogP contribution >= 0.6 is 0 Å². The summed E-state index contributed by atoms with van der Waals surface area (Å²) >= 11 is 0. The number of aliphatic hydroxyl groups excluding tert-OH is 1. The Morgan fingerprint density at radius 2 is 2.18 bits per heavy atom. The molecule has 0 aromatic rings. The van der Waals surface area contributed by atoms with Crippen LogP contribution in [0.25, 0.3) is 0 Å². The lowest BCUT2D eigenvalue weighted by Gasteiger charge is -2.13. The number of aliphatic hydroxyl groups is 1. The highest BCUT2D eigenvalue weighted by molar-refractivity contribution is 4.71. The molecular weight excluding hydrogens is 140 g/mol. The molecule has 0 bridgehead atoms. The van der Waals surface area contributed by atoms with Crippen LogP contribution in [0.1, 0.15) is 20.3 Å². The molecule has 0 saturated heterocycles. The van der Waals surface area contributed by atoms with Crippen LogP contribution in [0, 0.1) is 17.2 Å². The Balaban J connectivity index is 3.19. The third-order valence-electron chi connectivity index (χ3n) is 1.54. The van der Waals surface area contributed by atoms with Crippen LogP contribution in [-0.2, 0) is 0 Å². The van der Waals surface area contributed by atoms with Gasteiger partial charge in [-0.05, 0) is 5.92 Å². The molecule has 0 aliphatic heterocycles. The molecule has 0 aliphatic rings. The summed E-state index contributed by atoms with van der Waals surface area (Å²) in [6.07, 6.45) is 0.207. The predicted octanol–water partition coefficient (Wildman–Crippen LogP) is 0.507. The molecule has 64 valence electrons. The van der Waals surface area contributed by atoms with Gasteiger partial charge in [-0.1, -0.05) is 13.8 Å². The number of nitrogens with one attached hydrogen (secondary N) is 1. The van der Waals surface area contributed by atoms with E-state index in [0.29, 0.717) is 19.5 Å². The van der Waals surface area contributed by atoms with E-state index >= 15 is 0 Å². The molecule has 0 saturated carbocycles. The SMILES string of the molecule is CC(C)C(O)CNCCC#N. The van der Waals surface area contributed by atoms with Gasteiger partial charge in [0.25, 0.3) is 0 Å². The molecule has 0 aromatic carbocycles. The van der Waals surface area contributed by atoms with Crippen molar-refractivity contribution in [1.29, 1.82) is 5.26 Å². The third-order valence-corrected chi connectivity index (χ3v) is 1.54. The van der Waals surface area contributed by atoms with Crippen LogP contribution in [0.15, 0.2) is 0 Å². The normalized spacial score (nSPS) is 13.0. The van der Waals surface area contributed by atoms with E-state index in [1.807, 2.05) is 19.9 Å². The van der Waals surface area contributed by atoms with E-state index in [-0.39, 0.29) is 12.0 Å². The van der Waals surface area contributed by atoms with Gasteiger partial charge < -0.3 is 10.4 Å². The summed E-state index contributed by atoms with van der Waals surface area (Å²) in [7, 11) is 0. The van der Waals surface area contributed by atoms with Crippen molar-refractivity contribution < 1.29 is 5.11 Å². The molecular formula is C8H16N2O. The van der Waals surface area contributed by atoms with Gasteiger partial charge in [0, 0.05) is 19.5 Å². The lowest BCUT2D eigenvalue weighted by molar-refractivity contribution is 0.124. The lowest BCUT2D eigenvalue weighted by Crippen LogP contribution is -2.30. The molecule has 0 aromatic heterocycles. The maximum Gasteiger partial charge on any atom is 0.0687 e. The minimum absolute atomic E-state index is 0.282. The van der Waals surface area contributed by atoms with Crippen molar-refractivity contribution in [3.63, 3.8) is 0 Å². The van der Waals surface area contributed by atoms with E-state index in [1.165, 1.54) is 0 Å². The Labute approximate surface area is 68.0 Å². The average molecular weight is 156 g/mol. The zero-order valence-electron chi connectivity index (χ0n) is 7.17. The van der Waals surface area contributed by atoms with E-state index in [9.17, 15) is 5.11 Å². The Morgan fingerprint density at radius 1 is 1.55 bits per heavy atom. The smallest absolute Gasteiger partial charge is 0.0687 e. The van der Waals surface area contributed by atoms with Gasteiger partial charge in [-0.3, -0.25) is 0 Å². The summed E-state index contributed by atoms with van der Waals surface area (Å²) in [5.41, 5.74) is 0. The summed E-state index contributed by atoms with van der Waals surface area (Å²) < 4.78 is 0. The molecule has 0 spiro atoms. The monoisotopic (exact) mass is 156 g/mol. The highest BCUT2D eigenvalue weighted by Gasteiger charge is 2.06. The largest absolute Gasteiger partial charge is 0.392 e. The van der Waals surface area contributed by atoms with Gasteiger partial charge in [0.2, 0.25) is 0 Å². The molecule has 0 radical (unpaired) electrons. The first-order valence-corrected chi connectivity index (χ1v) is 3.94. The Hall–Kier alpha value is -0.590. The molecule has 2 N–H and O–H groups in total. The van der Waals surface area contributed by atoms with Crippen LogP contribution in [0.4, 0.5) is 0 Å². The Bertz CT molecular complexity index is 129. The summed E-state index contributed by atoms with van der Waals surface area (Å²) in [4.78, 5) is 0. The van der Waals surface area contributed by atoms with Crippen molar-refractivity contribution in [2.45, 2.75) is 26.4 Å². The van der Waals surface area contributed by atoms with E-state index in [0.717, 1.165) is 0 Å². The molecule has 3 heteroatoms. The van der Waals surface area contributed by atoms with Gasteiger partial charge in [0.15, 0.2) is 0 Å². The average Bonchev–Trinajstić information content (AvgIpc) is 1.97. The van der Waals surface area contributed by atoms with Crippen LogP contribution < -0.4 is 5.32 Å². The van der Waals surface area contributed by atoms with Crippen molar-refractivity contribution in [2.24, 2.45) is 5.92 Å². The van der Waals surface area contributed by atoms with Crippen LogP contribution in [0.2, 0.25) is 0 Å². The fourth-order valence-corrected chi connectivity index (χ4v) is 0.630. The zero-order chi connectivity index (χ0) is 8.69. The molecule has 0 fully saturated rings. The van der Waals surface area contributed by atoms with Gasteiger partial charge in [0.1, 0.15) is 0 Å². The van der Waals surface area contributed by atoms with Gasteiger partial charge in [-0.15, -0.1) is 0 Å². The van der Waals surface area contributed by atoms with Gasteiger partial charge in [0.05, 0.1) is 12.2 Å². The highest BCUT2D eigenvalue weighted by atomic mass is 16.3. The topological polar surface area (TPSA) is 56.0 Å². The highest BCUT2D eigenvalue weighted by Crippen LogP contribution is 1.98. The minimum Gasteiger partial charge on any atom is -0.392 e. The number of rotatable bonds is 5. The molecule has 1 unspecified atom stereocenters. The minimum atomic E-state index is -0.298. The van der Waals surface area contributed by atoms with Crippen LogP contribution in [0.3, 0.4) is 0 Å². The first-order chi connectivity index (χ1) is 5.18. The maximum absolute atomic E-state index is 9.28. The molecule has 0 heterocycles. The van der Waals surface area contributed by atoms with E-state index in [2.05, 4.69) is 5.32 Å². The standard InChI is InChI=1S/C8H16N2O/c1-7(2)8(11)6-10-5-3-4-9/h7-8,10-11H,3,5-6H2,1-2H3. The third kappa shape index (κ3) is 5.84. The molecule has 3 nitrogen and oxygen atoms in total. The van der Waals surface area contributed by atoms with Crippen LogP contribution in [0.5, 0.6) is 0 Å². The number of hydrogen-bond donors (Lipinski definition) is 2. The Kier molecular flexibility index (Phi) is 5.81. The van der Waals surface area contributed by atoms with Crippen molar-refractivity contribution >= 4 is 0 Å². The lowest BCUT2D eigenvalue weighted by atomic mass is 10.1. The first kappa shape index (κ1) is 10.4. The van der Waals surface area contributed by atoms with E-state index in [1.54, 1.807) is 0 Å². The van der Waals surface area contributed by atoms with Gasteiger partial charge in [-0.2, -0.15) is 5.26 Å². The number of nitrogens with zero attached hydrogens (tertiary/aromatic N) is 1. The van der Waals surface area contributed by atoms with Crippen LogP contribution in [-0.4, -0.2) is 24.3 Å². The summed E-state index contributed by atoms with van der Waals surface area (Å²) in [6.45, 7) is 5.19. The number of nitriles is 1. The Morgan fingerprint density at radius 3 is 2.64 bits per heavy atom.